The average molecular weight is 337 g/mol. The summed E-state index contributed by atoms with van der Waals surface area (Å²) in [6.07, 6.45) is 11.3. The number of hydrogen-bond acceptors (Lipinski definition) is 5. The lowest BCUT2D eigenvalue weighted by atomic mass is 9.90. The molecule has 1 saturated heterocycles. The average Bonchev–Trinajstić information content (AvgIpc) is 2.58. The molecule has 0 aromatic carbocycles. The molecule has 0 spiro atoms. The number of unbranched alkanes of at least 4 members (excludes halogenated alkanes) is 1. The van der Waals surface area contributed by atoms with Crippen LogP contribution in [0.25, 0.3) is 0 Å². The molecule has 0 aliphatic carbocycles. The molecule has 136 valence electrons. The summed E-state index contributed by atoms with van der Waals surface area (Å²) in [6, 6.07) is 0. The molecule has 0 aromatic heterocycles. The summed E-state index contributed by atoms with van der Waals surface area (Å²) in [4.78, 5) is 11.7. The second kappa shape index (κ2) is 11.2. The van der Waals surface area contributed by atoms with Crippen LogP contribution in [0, 0.1) is 5.92 Å². The Morgan fingerprint density at radius 3 is 2.67 bits per heavy atom. The quantitative estimate of drug-likeness (QED) is 0.545. The Hall–Kier alpha value is -1.43. The Kier molecular flexibility index (Phi) is 9.60. The van der Waals surface area contributed by atoms with Crippen molar-refractivity contribution >= 4 is 5.97 Å². The summed E-state index contributed by atoms with van der Waals surface area (Å²) in [5.41, 5.74) is 6.37. The van der Waals surface area contributed by atoms with Crippen LogP contribution in [0.3, 0.4) is 0 Å². The monoisotopic (exact) mass is 337 g/mol. The van der Waals surface area contributed by atoms with Crippen LogP contribution in [-0.4, -0.2) is 44.5 Å². The molecule has 2 N–H and O–H groups in total. The molecule has 5 heteroatoms. The summed E-state index contributed by atoms with van der Waals surface area (Å²) in [7, 11) is 1.63. The lowest BCUT2D eigenvalue weighted by Crippen LogP contribution is -2.53. The minimum Gasteiger partial charge on any atom is -0.455 e. The molecule has 24 heavy (non-hydrogen) atoms. The van der Waals surface area contributed by atoms with Gasteiger partial charge in [0.15, 0.2) is 6.10 Å². The molecule has 1 heterocycles. The largest absolute Gasteiger partial charge is 0.455 e. The molecule has 0 radical (unpaired) electrons. The zero-order valence-electron chi connectivity index (χ0n) is 15.2. The van der Waals surface area contributed by atoms with Crippen LogP contribution in [0.4, 0.5) is 0 Å². The summed E-state index contributed by atoms with van der Waals surface area (Å²) in [5, 5.41) is 0. The van der Waals surface area contributed by atoms with E-state index in [2.05, 4.69) is 13.0 Å². The van der Waals surface area contributed by atoms with E-state index in [0.717, 1.165) is 18.4 Å². The molecular weight excluding hydrogens is 306 g/mol. The number of carbonyl (C=O) groups is 1. The predicted molar refractivity (Wildman–Crippen MR) is 95.6 cm³/mol. The lowest BCUT2D eigenvalue weighted by Gasteiger charge is -2.40. The van der Waals surface area contributed by atoms with Gasteiger partial charge in [-0.2, -0.15) is 0 Å². The maximum atomic E-state index is 11.7. The third kappa shape index (κ3) is 6.23. The van der Waals surface area contributed by atoms with Crippen LogP contribution < -0.4 is 5.73 Å². The van der Waals surface area contributed by atoms with Crippen LogP contribution in [0.2, 0.25) is 0 Å². The first-order valence-corrected chi connectivity index (χ1v) is 8.59. The molecule has 0 aromatic rings. The molecular formula is C19H31NO4. The second-order valence-corrected chi connectivity index (χ2v) is 6.10. The highest BCUT2D eigenvalue weighted by molar-refractivity contribution is 5.71. The number of methoxy groups -OCH3 is 1. The molecule has 4 atom stereocenters. The van der Waals surface area contributed by atoms with Crippen LogP contribution in [0.15, 0.2) is 36.0 Å². The zero-order chi connectivity index (χ0) is 17.9. The van der Waals surface area contributed by atoms with Crippen LogP contribution in [0.1, 0.15) is 33.6 Å². The van der Waals surface area contributed by atoms with E-state index in [9.17, 15) is 4.79 Å². The standard InChI is InChI=1S/C19H31NO4/c1-5-6-7-8-9-10-11-14(2)18-19(24-16(21)12-20)17(22-4)15(3)13-23-18/h7-11,15,17-19H,5-6,12-13,20H2,1-4H3. The van der Waals surface area contributed by atoms with Gasteiger partial charge in [-0.05, 0) is 18.9 Å². The van der Waals surface area contributed by atoms with E-state index >= 15 is 0 Å². The number of esters is 1. The van der Waals surface area contributed by atoms with Crippen molar-refractivity contribution in [3.05, 3.63) is 36.0 Å². The van der Waals surface area contributed by atoms with Gasteiger partial charge in [0, 0.05) is 13.0 Å². The van der Waals surface area contributed by atoms with Crippen molar-refractivity contribution in [2.24, 2.45) is 11.7 Å². The van der Waals surface area contributed by atoms with Crippen molar-refractivity contribution < 1.29 is 19.0 Å². The van der Waals surface area contributed by atoms with Crippen molar-refractivity contribution in [2.45, 2.75) is 51.9 Å². The second-order valence-electron chi connectivity index (χ2n) is 6.10. The van der Waals surface area contributed by atoms with Crippen LogP contribution >= 0.6 is 0 Å². The summed E-state index contributed by atoms with van der Waals surface area (Å²) in [5.74, 6) is -0.308. The van der Waals surface area contributed by atoms with Gasteiger partial charge in [-0.15, -0.1) is 0 Å². The Morgan fingerprint density at radius 2 is 2.04 bits per heavy atom. The molecule has 1 aliphatic rings. The normalized spacial score (nSPS) is 28.6. The van der Waals surface area contributed by atoms with E-state index in [1.54, 1.807) is 7.11 Å². The SMILES string of the molecule is CCCC=CC=CC=C(C)C1OCC(C)C(OC)C1OC(=O)CN. The summed E-state index contributed by atoms with van der Waals surface area (Å²) >= 11 is 0. The highest BCUT2D eigenvalue weighted by Gasteiger charge is 2.42. The molecule has 5 nitrogen and oxygen atoms in total. The first-order valence-electron chi connectivity index (χ1n) is 8.59. The highest BCUT2D eigenvalue weighted by atomic mass is 16.6. The van der Waals surface area contributed by atoms with Gasteiger partial charge in [0.05, 0.1) is 13.2 Å². The van der Waals surface area contributed by atoms with Gasteiger partial charge in [-0.25, -0.2) is 0 Å². The Labute approximate surface area is 145 Å². The van der Waals surface area contributed by atoms with Crippen molar-refractivity contribution in [2.75, 3.05) is 20.3 Å². The van der Waals surface area contributed by atoms with Crippen molar-refractivity contribution in [1.82, 2.24) is 0 Å². The predicted octanol–water partition coefficient (Wildman–Crippen LogP) is 2.77. The number of allylic oxidation sites excluding steroid dienone is 5. The fourth-order valence-electron chi connectivity index (χ4n) is 2.73. The third-order valence-corrected chi connectivity index (χ3v) is 4.05. The number of nitrogens with two attached hydrogens (primary N) is 1. The Balaban J connectivity index is 2.85. The van der Waals surface area contributed by atoms with Gasteiger partial charge in [0.25, 0.3) is 0 Å². The number of carbonyl (C=O) groups excluding carboxylic acids is 1. The summed E-state index contributed by atoms with van der Waals surface area (Å²) in [6.45, 7) is 6.54. The Morgan fingerprint density at radius 1 is 1.29 bits per heavy atom. The van der Waals surface area contributed by atoms with E-state index < -0.39 is 12.1 Å². The first kappa shape index (κ1) is 20.6. The molecule has 0 saturated carbocycles. The Bertz CT molecular complexity index is 470. The fourth-order valence-corrected chi connectivity index (χ4v) is 2.73. The minimum absolute atomic E-state index is 0.141. The number of hydrogen-bond donors (Lipinski definition) is 1. The highest BCUT2D eigenvalue weighted by Crippen LogP contribution is 2.29. The molecule has 0 amide bonds. The van der Waals surface area contributed by atoms with Crippen molar-refractivity contribution in [3.8, 4) is 0 Å². The van der Waals surface area contributed by atoms with Gasteiger partial charge in [-0.1, -0.05) is 50.6 Å². The van der Waals surface area contributed by atoms with Crippen LogP contribution in [0.5, 0.6) is 0 Å². The molecule has 1 rings (SSSR count). The molecule has 1 fully saturated rings. The van der Waals surface area contributed by atoms with E-state index in [0.29, 0.717) is 6.61 Å². The van der Waals surface area contributed by atoms with Gasteiger partial charge < -0.3 is 19.9 Å². The molecule has 0 bridgehead atoms. The van der Waals surface area contributed by atoms with Gasteiger partial charge in [0.1, 0.15) is 12.2 Å². The maximum absolute atomic E-state index is 11.7. The topological polar surface area (TPSA) is 70.8 Å². The third-order valence-electron chi connectivity index (χ3n) is 4.05. The minimum atomic E-state index is -0.491. The van der Waals surface area contributed by atoms with E-state index in [1.165, 1.54) is 0 Å². The molecule has 4 unspecified atom stereocenters. The zero-order valence-corrected chi connectivity index (χ0v) is 15.2. The van der Waals surface area contributed by atoms with Gasteiger partial charge in [-0.3, -0.25) is 4.79 Å². The number of rotatable bonds is 8. The smallest absolute Gasteiger partial charge is 0.320 e. The van der Waals surface area contributed by atoms with Crippen LogP contribution in [-0.2, 0) is 19.0 Å². The van der Waals surface area contributed by atoms with Gasteiger partial charge in [0.2, 0.25) is 0 Å². The lowest BCUT2D eigenvalue weighted by molar-refractivity contribution is -0.190. The molecule has 1 aliphatic heterocycles. The van der Waals surface area contributed by atoms with E-state index in [-0.39, 0.29) is 24.7 Å². The van der Waals surface area contributed by atoms with Crippen molar-refractivity contribution in [1.29, 1.82) is 0 Å². The van der Waals surface area contributed by atoms with E-state index in [4.69, 9.17) is 19.9 Å². The maximum Gasteiger partial charge on any atom is 0.320 e. The number of ether oxygens (including phenoxy) is 3. The fraction of sp³-hybridized carbons (Fsp3) is 0.632. The first-order chi connectivity index (χ1) is 11.5. The van der Waals surface area contributed by atoms with Crippen molar-refractivity contribution in [3.63, 3.8) is 0 Å². The summed E-state index contributed by atoms with van der Waals surface area (Å²) < 4.78 is 17.0. The van der Waals surface area contributed by atoms with Gasteiger partial charge >= 0.3 is 5.97 Å². The van der Waals surface area contributed by atoms with E-state index in [1.807, 2.05) is 38.2 Å².